The second-order valence-corrected chi connectivity index (χ2v) is 14.5. The Morgan fingerprint density at radius 1 is 0.857 bits per heavy atom. The fourth-order valence-electron chi connectivity index (χ4n) is 6.43. The Morgan fingerprint density at radius 3 is 1.86 bits per heavy atom. The molecule has 1 aromatic carbocycles. The van der Waals surface area contributed by atoms with E-state index in [0.717, 1.165) is 49.9 Å². The molecule has 0 aromatic heterocycles. The predicted molar refractivity (Wildman–Crippen MR) is 152 cm³/mol. The first kappa shape index (κ1) is 30.2. The van der Waals surface area contributed by atoms with Crippen LogP contribution in [0, 0.1) is 34.0 Å². The molecule has 0 radical (unpaired) electrons. The van der Waals surface area contributed by atoms with Gasteiger partial charge >= 0.3 is 0 Å². The van der Waals surface area contributed by atoms with Gasteiger partial charge in [-0.25, -0.2) is 0 Å². The van der Waals surface area contributed by atoms with Gasteiger partial charge in [0.2, 0.25) is 6.29 Å². The Balaban J connectivity index is 2.24. The monoisotopic (exact) mass is 486 g/mol. The zero-order valence-electron chi connectivity index (χ0n) is 25.2. The molecule has 1 fully saturated rings. The molecule has 1 aliphatic rings. The van der Waals surface area contributed by atoms with Crippen molar-refractivity contribution in [3.63, 3.8) is 0 Å². The molecule has 0 spiro atoms. The van der Waals surface area contributed by atoms with Crippen molar-refractivity contribution in [2.75, 3.05) is 6.61 Å². The maximum atomic E-state index is 6.71. The van der Waals surface area contributed by atoms with E-state index >= 15 is 0 Å². The van der Waals surface area contributed by atoms with E-state index in [1.807, 2.05) is 0 Å². The molecule has 2 heteroatoms. The minimum absolute atomic E-state index is 0.0236. The Kier molecular flexibility index (Phi) is 10.8. The van der Waals surface area contributed by atoms with Gasteiger partial charge in [-0.2, -0.15) is 0 Å². The topological polar surface area (TPSA) is 18.5 Å². The average Bonchev–Trinajstić information content (AvgIpc) is 3.05. The fourth-order valence-corrected chi connectivity index (χ4v) is 6.43. The second-order valence-electron chi connectivity index (χ2n) is 14.5. The van der Waals surface area contributed by atoms with Gasteiger partial charge in [-0.05, 0) is 84.3 Å². The summed E-state index contributed by atoms with van der Waals surface area (Å²) >= 11 is 0. The van der Waals surface area contributed by atoms with E-state index in [2.05, 4.69) is 100 Å². The van der Waals surface area contributed by atoms with E-state index in [1.165, 1.54) is 24.8 Å². The van der Waals surface area contributed by atoms with Crippen LogP contribution in [-0.2, 0) is 4.74 Å². The summed E-state index contributed by atoms with van der Waals surface area (Å²) in [7, 11) is 0. The molecule has 2 rings (SSSR count). The van der Waals surface area contributed by atoms with E-state index in [9.17, 15) is 0 Å². The fraction of sp³-hybridized carbons (Fsp3) is 0.818. The molecule has 1 aliphatic carbocycles. The lowest BCUT2D eigenvalue weighted by Crippen LogP contribution is -2.40. The zero-order chi connectivity index (χ0) is 26.4. The van der Waals surface area contributed by atoms with E-state index in [4.69, 9.17) is 9.47 Å². The van der Waals surface area contributed by atoms with Crippen molar-refractivity contribution in [3.8, 4) is 5.75 Å². The van der Waals surface area contributed by atoms with Crippen molar-refractivity contribution in [1.29, 1.82) is 0 Å². The molecule has 5 atom stereocenters. The van der Waals surface area contributed by atoms with Crippen LogP contribution in [0.25, 0.3) is 0 Å². The number of benzene rings is 1. The summed E-state index contributed by atoms with van der Waals surface area (Å²) in [6, 6.07) is 8.97. The summed E-state index contributed by atoms with van der Waals surface area (Å²) in [4.78, 5) is 0. The summed E-state index contributed by atoms with van der Waals surface area (Å²) in [5.74, 6) is 3.65. The van der Waals surface area contributed by atoms with Gasteiger partial charge in [-0.15, -0.1) is 0 Å². The van der Waals surface area contributed by atoms with E-state index in [0.29, 0.717) is 17.3 Å². The summed E-state index contributed by atoms with van der Waals surface area (Å²) in [6.07, 6.45) is 8.12. The van der Waals surface area contributed by atoms with E-state index in [-0.39, 0.29) is 17.1 Å². The van der Waals surface area contributed by atoms with Gasteiger partial charge in [0.25, 0.3) is 0 Å². The second kappa shape index (κ2) is 12.5. The van der Waals surface area contributed by atoms with Crippen LogP contribution < -0.4 is 4.74 Å². The Morgan fingerprint density at radius 2 is 1.43 bits per heavy atom. The summed E-state index contributed by atoms with van der Waals surface area (Å²) in [5, 5.41) is 0. The highest BCUT2D eigenvalue weighted by Gasteiger charge is 2.38. The van der Waals surface area contributed by atoms with Gasteiger partial charge in [0.1, 0.15) is 5.75 Å². The Bertz CT molecular complexity index is 730. The Labute approximate surface area is 219 Å². The maximum Gasteiger partial charge on any atom is 0.205 e. The van der Waals surface area contributed by atoms with Crippen LogP contribution in [0.15, 0.2) is 24.3 Å². The largest absolute Gasteiger partial charge is 0.464 e. The molecular weight excluding hydrogens is 428 g/mol. The van der Waals surface area contributed by atoms with Gasteiger partial charge in [0.05, 0.1) is 6.61 Å². The van der Waals surface area contributed by atoms with Crippen molar-refractivity contribution in [3.05, 3.63) is 29.8 Å². The van der Waals surface area contributed by atoms with Crippen molar-refractivity contribution < 1.29 is 9.47 Å². The first-order valence-electron chi connectivity index (χ1n) is 14.6. The molecule has 0 heterocycles. The van der Waals surface area contributed by atoms with Gasteiger partial charge < -0.3 is 9.47 Å². The lowest BCUT2D eigenvalue weighted by atomic mass is 9.69. The normalized spacial score (nSPS) is 23.3. The zero-order valence-corrected chi connectivity index (χ0v) is 25.2. The maximum absolute atomic E-state index is 6.71. The summed E-state index contributed by atoms with van der Waals surface area (Å²) < 4.78 is 13.4. The van der Waals surface area contributed by atoms with Gasteiger partial charge in [-0.3, -0.25) is 0 Å². The highest BCUT2D eigenvalue weighted by atomic mass is 16.7. The third-order valence-corrected chi connectivity index (χ3v) is 8.34. The van der Waals surface area contributed by atoms with Crippen LogP contribution in [0.4, 0.5) is 0 Å². The highest BCUT2D eigenvalue weighted by Crippen LogP contribution is 2.44. The van der Waals surface area contributed by atoms with Crippen molar-refractivity contribution in [1.82, 2.24) is 0 Å². The van der Waals surface area contributed by atoms with Crippen LogP contribution in [0.2, 0.25) is 0 Å². The van der Waals surface area contributed by atoms with Crippen LogP contribution in [-0.4, -0.2) is 12.9 Å². The van der Waals surface area contributed by atoms with Crippen molar-refractivity contribution >= 4 is 0 Å². The number of hydrogen-bond acceptors (Lipinski definition) is 2. The lowest BCUT2D eigenvalue weighted by Gasteiger charge is -2.38. The Hall–Kier alpha value is -1.02. The minimum Gasteiger partial charge on any atom is -0.464 e. The molecule has 0 N–H and O–H groups in total. The quantitative estimate of drug-likeness (QED) is 0.273. The number of rotatable bonds is 12. The molecular formula is C33H58O2. The molecule has 2 nitrogen and oxygen atoms in total. The SMILES string of the molecule is CCCC(C)(CCC)C(OCC1CC(C)CC1C)Oc1ccc(C(CC(C)(C)C)C(C)(C)C)cc1. The van der Waals surface area contributed by atoms with Crippen LogP contribution in [0.5, 0.6) is 5.75 Å². The molecule has 35 heavy (non-hydrogen) atoms. The average molecular weight is 487 g/mol. The van der Waals surface area contributed by atoms with E-state index < -0.39 is 0 Å². The molecule has 0 aliphatic heterocycles. The van der Waals surface area contributed by atoms with Gasteiger partial charge in [0, 0.05) is 5.41 Å². The number of hydrogen-bond donors (Lipinski definition) is 0. The van der Waals surface area contributed by atoms with Crippen LogP contribution >= 0.6 is 0 Å². The first-order valence-corrected chi connectivity index (χ1v) is 14.6. The molecule has 0 saturated heterocycles. The predicted octanol–water partition coefficient (Wildman–Crippen LogP) is 10.3. The highest BCUT2D eigenvalue weighted by molar-refractivity contribution is 5.31. The summed E-state index contributed by atoms with van der Waals surface area (Å²) in [6.45, 7) is 26.7. The van der Waals surface area contributed by atoms with Crippen molar-refractivity contribution in [2.45, 2.75) is 133 Å². The first-order chi connectivity index (χ1) is 16.2. The summed E-state index contributed by atoms with van der Waals surface area (Å²) in [5.41, 5.74) is 1.95. The third kappa shape index (κ3) is 9.10. The molecule has 5 unspecified atom stereocenters. The number of ether oxygens (including phenoxy) is 2. The molecule has 1 aromatic rings. The molecule has 202 valence electrons. The third-order valence-electron chi connectivity index (χ3n) is 8.34. The molecule has 1 saturated carbocycles. The smallest absolute Gasteiger partial charge is 0.205 e. The lowest BCUT2D eigenvalue weighted by molar-refractivity contribution is -0.167. The van der Waals surface area contributed by atoms with Gasteiger partial charge in [0.15, 0.2) is 0 Å². The van der Waals surface area contributed by atoms with Crippen LogP contribution in [0.1, 0.15) is 133 Å². The molecule has 0 bridgehead atoms. The minimum atomic E-state index is -0.204. The molecule has 0 amide bonds. The van der Waals surface area contributed by atoms with Crippen LogP contribution in [0.3, 0.4) is 0 Å². The van der Waals surface area contributed by atoms with Gasteiger partial charge in [-0.1, -0.05) is 101 Å². The van der Waals surface area contributed by atoms with Crippen molar-refractivity contribution in [2.24, 2.45) is 34.0 Å². The standard InChI is InChI=1S/C33H58O2/c1-12-18-33(11,19-13-2)30(34-23-27-21-24(3)20-25(27)4)35-28-16-14-26(15-17-28)29(32(8,9)10)22-31(5,6)7/h14-17,24-25,27,29-30H,12-13,18-23H2,1-11H3. The van der Waals surface area contributed by atoms with E-state index in [1.54, 1.807) is 0 Å².